The molecule has 3 aromatic rings. The van der Waals surface area contributed by atoms with Crippen molar-refractivity contribution in [2.45, 2.75) is 19.3 Å². The maximum absolute atomic E-state index is 12.7. The summed E-state index contributed by atoms with van der Waals surface area (Å²) in [7, 11) is 1.70. The van der Waals surface area contributed by atoms with Crippen LogP contribution >= 0.6 is 11.3 Å². The minimum atomic E-state index is -0.152. The Morgan fingerprint density at radius 3 is 2.43 bits per heavy atom. The number of hydrogen-bond acceptors (Lipinski definition) is 3. The number of carbonyl (C=O) groups is 2. The van der Waals surface area contributed by atoms with Crippen molar-refractivity contribution in [3.8, 4) is 0 Å². The van der Waals surface area contributed by atoms with Crippen molar-refractivity contribution in [3.63, 3.8) is 0 Å². The highest BCUT2D eigenvalue weighted by Gasteiger charge is 2.19. The highest BCUT2D eigenvalue weighted by molar-refractivity contribution is 7.12. The van der Waals surface area contributed by atoms with Crippen LogP contribution in [0, 0.1) is 0 Å². The van der Waals surface area contributed by atoms with Crippen molar-refractivity contribution in [1.29, 1.82) is 0 Å². The van der Waals surface area contributed by atoms with Crippen molar-refractivity contribution >= 4 is 28.8 Å². The van der Waals surface area contributed by atoms with Crippen LogP contribution in [0.25, 0.3) is 0 Å². The van der Waals surface area contributed by atoms with E-state index in [2.05, 4.69) is 17.4 Å². The molecule has 1 heterocycles. The van der Waals surface area contributed by atoms with E-state index in [0.717, 1.165) is 19.3 Å². The van der Waals surface area contributed by atoms with Crippen LogP contribution in [0.5, 0.6) is 0 Å². The van der Waals surface area contributed by atoms with Crippen molar-refractivity contribution < 1.29 is 9.59 Å². The number of rotatable bonds is 8. The number of unbranched alkanes of at least 4 members (excludes halogenated alkanes) is 1. The van der Waals surface area contributed by atoms with Crippen LogP contribution in [0.2, 0.25) is 0 Å². The summed E-state index contributed by atoms with van der Waals surface area (Å²) in [5.74, 6) is -0.265. The molecule has 0 saturated carbocycles. The molecule has 2 aromatic carbocycles. The Balaban J connectivity index is 1.56. The second-order valence-corrected chi connectivity index (χ2v) is 7.50. The molecule has 0 aliphatic rings. The molecule has 3 rings (SSSR count). The Morgan fingerprint density at radius 1 is 0.929 bits per heavy atom. The number of aryl methyl sites for hydroxylation is 1. The maximum atomic E-state index is 12.7. The van der Waals surface area contributed by atoms with Crippen molar-refractivity contribution in [3.05, 3.63) is 88.1 Å². The number of amides is 2. The van der Waals surface area contributed by atoms with Crippen LogP contribution in [0.1, 0.15) is 38.4 Å². The molecule has 0 spiro atoms. The quantitative estimate of drug-likeness (QED) is 0.561. The third-order valence-electron chi connectivity index (χ3n) is 4.57. The van der Waals surface area contributed by atoms with Gasteiger partial charge < -0.3 is 10.2 Å². The van der Waals surface area contributed by atoms with E-state index in [-0.39, 0.29) is 11.8 Å². The van der Waals surface area contributed by atoms with Crippen LogP contribution in [0.4, 0.5) is 5.69 Å². The smallest absolute Gasteiger partial charge is 0.268 e. The molecule has 5 heteroatoms. The van der Waals surface area contributed by atoms with E-state index in [0.29, 0.717) is 22.7 Å². The third-order valence-corrected chi connectivity index (χ3v) is 5.43. The summed E-state index contributed by atoms with van der Waals surface area (Å²) >= 11 is 1.39. The lowest BCUT2D eigenvalue weighted by molar-refractivity contribution is 0.0953. The number of thiophene rings is 1. The monoisotopic (exact) mass is 392 g/mol. The summed E-state index contributed by atoms with van der Waals surface area (Å²) < 4.78 is 0. The fourth-order valence-corrected chi connectivity index (χ4v) is 3.73. The van der Waals surface area contributed by atoms with Gasteiger partial charge in [0, 0.05) is 13.6 Å². The Hall–Kier alpha value is -2.92. The number of benzene rings is 2. The Morgan fingerprint density at radius 2 is 1.68 bits per heavy atom. The molecular formula is C23H24N2O2S. The summed E-state index contributed by atoms with van der Waals surface area (Å²) in [6.45, 7) is 0.614. The molecule has 144 valence electrons. The summed E-state index contributed by atoms with van der Waals surface area (Å²) in [6.07, 6.45) is 2.93. The highest BCUT2D eigenvalue weighted by atomic mass is 32.1. The van der Waals surface area contributed by atoms with E-state index >= 15 is 0 Å². The molecule has 0 bridgehead atoms. The van der Waals surface area contributed by atoms with Gasteiger partial charge in [0.05, 0.1) is 16.1 Å². The Labute approximate surface area is 169 Å². The first kappa shape index (κ1) is 19.8. The number of hydrogen-bond donors (Lipinski definition) is 1. The molecule has 0 radical (unpaired) electrons. The van der Waals surface area contributed by atoms with Gasteiger partial charge in [-0.2, -0.15) is 0 Å². The molecule has 0 aliphatic carbocycles. The molecule has 0 saturated heterocycles. The van der Waals surface area contributed by atoms with Gasteiger partial charge in [-0.1, -0.05) is 48.5 Å². The van der Waals surface area contributed by atoms with Crippen LogP contribution in [-0.2, 0) is 6.42 Å². The molecule has 4 nitrogen and oxygen atoms in total. The van der Waals surface area contributed by atoms with E-state index in [1.807, 2.05) is 41.8 Å². The van der Waals surface area contributed by atoms with Crippen LogP contribution in [0.3, 0.4) is 0 Å². The van der Waals surface area contributed by atoms with Gasteiger partial charge in [0.15, 0.2) is 0 Å². The first-order chi connectivity index (χ1) is 13.7. The SMILES string of the molecule is CN(C(=O)c1cccs1)c1ccccc1C(=O)NCCCCc1ccccc1. The lowest BCUT2D eigenvalue weighted by Gasteiger charge is -2.20. The van der Waals surface area contributed by atoms with E-state index < -0.39 is 0 Å². The summed E-state index contributed by atoms with van der Waals surface area (Å²) in [6, 6.07) is 21.2. The predicted octanol–water partition coefficient (Wildman–Crippen LogP) is 4.78. The van der Waals surface area contributed by atoms with E-state index in [1.165, 1.54) is 21.8 Å². The highest BCUT2D eigenvalue weighted by Crippen LogP contribution is 2.22. The van der Waals surface area contributed by atoms with Gasteiger partial charge in [0.1, 0.15) is 0 Å². The molecule has 2 amide bonds. The Bertz CT molecular complexity index is 907. The van der Waals surface area contributed by atoms with E-state index in [4.69, 9.17) is 0 Å². The first-order valence-electron chi connectivity index (χ1n) is 9.39. The third kappa shape index (κ3) is 5.08. The van der Waals surface area contributed by atoms with Gasteiger partial charge in [0.25, 0.3) is 11.8 Å². The maximum Gasteiger partial charge on any atom is 0.268 e. The van der Waals surface area contributed by atoms with Gasteiger partial charge in [0.2, 0.25) is 0 Å². The molecule has 0 fully saturated rings. The normalized spacial score (nSPS) is 10.5. The topological polar surface area (TPSA) is 49.4 Å². The van der Waals surface area contributed by atoms with E-state index in [9.17, 15) is 9.59 Å². The zero-order valence-corrected chi connectivity index (χ0v) is 16.7. The summed E-state index contributed by atoms with van der Waals surface area (Å²) in [5, 5.41) is 4.85. The van der Waals surface area contributed by atoms with Gasteiger partial charge >= 0.3 is 0 Å². The average molecular weight is 393 g/mol. The second-order valence-electron chi connectivity index (χ2n) is 6.56. The van der Waals surface area contributed by atoms with Crippen molar-refractivity contribution in [2.24, 2.45) is 0 Å². The largest absolute Gasteiger partial charge is 0.352 e. The predicted molar refractivity (Wildman–Crippen MR) is 115 cm³/mol. The minimum Gasteiger partial charge on any atom is -0.352 e. The fraction of sp³-hybridized carbons (Fsp3) is 0.217. The van der Waals surface area contributed by atoms with Crippen molar-refractivity contribution in [2.75, 3.05) is 18.5 Å². The lowest BCUT2D eigenvalue weighted by atomic mass is 10.1. The van der Waals surface area contributed by atoms with Gasteiger partial charge in [-0.05, 0) is 48.4 Å². The van der Waals surface area contributed by atoms with Crippen LogP contribution < -0.4 is 10.2 Å². The minimum absolute atomic E-state index is 0.113. The number of nitrogens with zero attached hydrogens (tertiary/aromatic N) is 1. The summed E-state index contributed by atoms with van der Waals surface area (Å²) in [4.78, 5) is 27.5. The van der Waals surface area contributed by atoms with Gasteiger partial charge in [-0.15, -0.1) is 11.3 Å². The number of para-hydroxylation sites is 1. The zero-order chi connectivity index (χ0) is 19.8. The zero-order valence-electron chi connectivity index (χ0n) is 15.9. The second kappa shape index (κ2) is 9.85. The van der Waals surface area contributed by atoms with Crippen LogP contribution in [0.15, 0.2) is 72.1 Å². The number of carbonyl (C=O) groups excluding carboxylic acids is 2. The van der Waals surface area contributed by atoms with Gasteiger partial charge in [-0.25, -0.2) is 0 Å². The average Bonchev–Trinajstić information content (AvgIpc) is 3.28. The standard InChI is InChI=1S/C23H24N2O2S/c1-25(23(27)21-15-9-17-28-21)20-14-6-5-13-19(20)22(26)24-16-8-7-12-18-10-3-2-4-11-18/h2-6,9-11,13-15,17H,7-8,12,16H2,1H3,(H,24,26). The molecule has 0 aliphatic heterocycles. The van der Waals surface area contributed by atoms with Crippen molar-refractivity contribution in [1.82, 2.24) is 5.32 Å². The molecular weight excluding hydrogens is 368 g/mol. The Kier molecular flexibility index (Phi) is 6.98. The molecule has 0 unspecified atom stereocenters. The lowest BCUT2D eigenvalue weighted by Crippen LogP contribution is -2.30. The first-order valence-corrected chi connectivity index (χ1v) is 10.3. The van der Waals surface area contributed by atoms with Crippen LogP contribution in [-0.4, -0.2) is 25.4 Å². The number of anilines is 1. The molecule has 28 heavy (non-hydrogen) atoms. The molecule has 0 atom stereocenters. The fourth-order valence-electron chi connectivity index (χ4n) is 3.03. The molecule has 1 N–H and O–H groups in total. The molecule has 1 aromatic heterocycles. The number of nitrogens with one attached hydrogen (secondary N) is 1. The summed E-state index contributed by atoms with van der Waals surface area (Å²) in [5.41, 5.74) is 2.44. The van der Waals surface area contributed by atoms with Gasteiger partial charge in [-0.3, -0.25) is 9.59 Å². The van der Waals surface area contributed by atoms with E-state index in [1.54, 1.807) is 25.2 Å².